The highest BCUT2D eigenvalue weighted by Gasteiger charge is 2.38. The lowest BCUT2D eigenvalue weighted by Gasteiger charge is -2.37. The van der Waals surface area contributed by atoms with Crippen molar-refractivity contribution in [2.24, 2.45) is 5.92 Å². The Kier molecular flexibility index (Phi) is 7.55. The van der Waals surface area contributed by atoms with Crippen LogP contribution in [0.3, 0.4) is 0 Å². The van der Waals surface area contributed by atoms with Crippen LogP contribution in [0.25, 0.3) is 0 Å². The summed E-state index contributed by atoms with van der Waals surface area (Å²) in [5.74, 6) is -0.510. The number of carbonyl (C=O) groups excluding carboxylic acids is 2. The molecule has 0 saturated carbocycles. The van der Waals surface area contributed by atoms with Gasteiger partial charge in [0, 0.05) is 44.8 Å². The lowest BCUT2D eigenvalue weighted by molar-refractivity contribution is -0.138. The van der Waals surface area contributed by atoms with Gasteiger partial charge >= 0.3 is 0 Å². The molecule has 0 unspecified atom stereocenters. The predicted molar refractivity (Wildman–Crippen MR) is 125 cm³/mol. The molecule has 1 atom stereocenters. The number of nitrogens with one attached hydrogen (secondary N) is 1. The molecule has 0 aromatic carbocycles. The normalized spacial score (nSPS) is 21.3. The first-order valence-electron chi connectivity index (χ1n) is 11.6. The molecule has 2 aliphatic rings. The summed E-state index contributed by atoms with van der Waals surface area (Å²) in [6.45, 7) is 12.5. The molecular formula is C22H38N6O4S. The van der Waals surface area contributed by atoms with Crippen molar-refractivity contribution >= 4 is 21.8 Å². The third kappa shape index (κ3) is 5.93. The molecule has 2 fully saturated rings. The van der Waals surface area contributed by atoms with Gasteiger partial charge in [0.1, 0.15) is 11.4 Å². The monoisotopic (exact) mass is 482 g/mol. The molecule has 0 radical (unpaired) electrons. The summed E-state index contributed by atoms with van der Waals surface area (Å²) >= 11 is 0. The molecule has 0 bridgehead atoms. The van der Waals surface area contributed by atoms with Crippen LogP contribution in [0.5, 0.6) is 0 Å². The maximum Gasteiger partial charge on any atom is 0.246 e. The van der Waals surface area contributed by atoms with E-state index in [2.05, 4.69) is 15.3 Å². The van der Waals surface area contributed by atoms with Crippen molar-refractivity contribution in [1.29, 1.82) is 0 Å². The topological polar surface area (TPSA) is 108 Å². The fourth-order valence-electron chi connectivity index (χ4n) is 4.58. The minimum Gasteiger partial charge on any atom is -0.350 e. The van der Waals surface area contributed by atoms with Crippen LogP contribution in [0.2, 0.25) is 0 Å². The Morgan fingerprint density at radius 1 is 1.09 bits per heavy atom. The Morgan fingerprint density at radius 2 is 1.73 bits per heavy atom. The minimum atomic E-state index is -3.84. The molecular weight excluding hydrogens is 444 g/mol. The van der Waals surface area contributed by atoms with Crippen molar-refractivity contribution in [1.82, 2.24) is 29.2 Å². The highest BCUT2D eigenvalue weighted by Crippen LogP contribution is 2.29. The van der Waals surface area contributed by atoms with Crippen LogP contribution < -0.4 is 5.32 Å². The van der Waals surface area contributed by atoms with E-state index >= 15 is 0 Å². The Morgan fingerprint density at radius 3 is 2.33 bits per heavy atom. The lowest BCUT2D eigenvalue weighted by atomic mass is 9.98. The van der Waals surface area contributed by atoms with E-state index in [4.69, 9.17) is 0 Å². The Labute approximate surface area is 197 Å². The van der Waals surface area contributed by atoms with E-state index in [0.29, 0.717) is 43.9 Å². The van der Waals surface area contributed by atoms with E-state index < -0.39 is 10.0 Å². The van der Waals surface area contributed by atoms with Gasteiger partial charge in [-0.2, -0.15) is 9.40 Å². The van der Waals surface area contributed by atoms with Crippen LogP contribution in [0.1, 0.15) is 45.0 Å². The van der Waals surface area contributed by atoms with Crippen LogP contribution in [0, 0.1) is 19.8 Å². The van der Waals surface area contributed by atoms with Crippen LogP contribution in [-0.2, 0) is 26.2 Å². The fourth-order valence-corrected chi connectivity index (χ4v) is 6.47. The zero-order valence-electron chi connectivity index (χ0n) is 20.7. The zero-order valence-corrected chi connectivity index (χ0v) is 21.5. The van der Waals surface area contributed by atoms with E-state index in [-0.39, 0.29) is 41.3 Å². The summed E-state index contributed by atoms with van der Waals surface area (Å²) in [5.41, 5.74) is 0.411. The van der Waals surface area contributed by atoms with Crippen molar-refractivity contribution < 1.29 is 18.0 Å². The summed E-state index contributed by atoms with van der Waals surface area (Å²) in [7, 11) is -1.80. The van der Waals surface area contributed by atoms with Gasteiger partial charge < -0.3 is 15.1 Å². The van der Waals surface area contributed by atoms with Gasteiger partial charge in [-0.15, -0.1) is 0 Å². The number of rotatable bonds is 5. The van der Waals surface area contributed by atoms with E-state index in [1.54, 1.807) is 13.8 Å². The average Bonchev–Trinajstić information content (AvgIpc) is 3.00. The number of amides is 2. The molecule has 186 valence electrons. The molecule has 0 aliphatic carbocycles. The number of likely N-dealkylation sites (N-methyl/N-ethyl adjacent to an activating group) is 1. The SMILES string of the molecule is Cc1nn(CC(=O)NC(C)(C)C)c(C)c1S(=O)(=O)N1CCC[C@H](C(=O)N2CCN(C)CC2)C1. The highest BCUT2D eigenvalue weighted by atomic mass is 32.2. The smallest absolute Gasteiger partial charge is 0.246 e. The van der Waals surface area contributed by atoms with Gasteiger partial charge in [0.2, 0.25) is 21.8 Å². The number of sulfonamides is 1. The fraction of sp³-hybridized carbons (Fsp3) is 0.773. The molecule has 1 N–H and O–H groups in total. The number of hydrogen-bond donors (Lipinski definition) is 1. The van der Waals surface area contributed by atoms with Gasteiger partial charge in [-0.05, 0) is 54.5 Å². The van der Waals surface area contributed by atoms with Crippen molar-refractivity contribution in [3.8, 4) is 0 Å². The number of nitrogens with zero attached hydrogens (tertiary/aromatic N) is 5. The van der Waals surface area contributed by atoms with Crippen molar-refractivity contribution in [2.45, 2.75) is 64.4 Å². The highest BCUT2D eigenvalue weighted by molar-refractivity contribution is 7.89. The zero-order chi connectivity index (χ0) is 24.6. The summed E-state index contributed by atoms with van der Waals surface area (Å²) < 4.78 is 30.0. The number of carbonyl (C=O) groups is 2. The maximum absolute atomic E-state index is 13.6. The van der Waals surface area contributed by atoms with E-state index in [1.165, 1.54) is 8.99 Å². The minimum absolute atomic E-state index is 0.0472. The van der Waals surface area contributed by atoms with Gasteiger partial charge in [-0.3, -0.25) is 14.3 Å². The van der Waals surface area contributed by atoms with Gasteiger partial charge in [0.05, 0.1) is 17.3 Å². The number of aryl methyl sites for hydroxylation is 1. The first-order chi connectivity index (χ1) is 15.3. The number of piperidine rings is 1. The second-order valence-electron chi connectivity index (χ2n) is 10.3. The molecule has 3 heterocycles. The number of hydrogen-bond acceptors (Lipinski definition) is 6. The second-order valence-corrected chi connectivity index (χ2v) is 12.2. The second kappa shape index (κ2) is 9.71. The van der Waals surface area contributed by atoms with Crippen LogP contribution in [0.15, 0.2) is 4.90 Å². The molecule has 33 heavy (non-hydrogen) atoms. The largest absolute Gasteiger partial charge is 0.350 e. The predicted octanol–water partition coefficient (Wildman–Crippen LogP) is 0.589. The molecule has 10 nitrogen and oxygen atoms in total. The van der Waals surface area contributed by atoms with Crippen LogP contribution in [-0.4, -0.2) is 96.0 Å². The maximum atomic E-state index is 13.6. The first-order valence-corrected chi connectivity index (χ1v) is 13.1. The molecule has 0 spiro atoms. The number of piperazine rings is 1. The number of aromatic nitrogens is 2. The van der Waals surface area contributed by atoms with E-state index in [9.17, 15) is 18.0 Å². The summed E-state index contributed by atoms with van der Waals surface area (Å²) in [4.78, 5) is 29.6. The summed E-state index contributed by atoms with van der Waals surface area (Å²) in [6, 6.07) is 0. The molecule has 1 aromatic rings. The lowest BCUT2D eigenvalue weighted by Crippen LogP contribution is -2.52. The van der Waals surface area contributed by atoms with Crippen LogP contribution in [0.4, 0.5) is 0 Å². The molecule has 1 aromatic heterocycles. The summed E-state index contributed by atoms with van der Waals surface area (Å²) in [5, 5.41) is 7.22. The quantitative estimate of drug-likeness (QED) is 0.658. The van der Waals surface area contributed by atoms with Crippen LogP contribution >= 0.6 is 0 Å². The van der Waals surface area contributed by atoms with Crippen molar-refractivity contribution in [3.63, 3.8) is 0 Å². The Bertz CT molecular complexity index is 989. The standard InChI is InChI=1S/C22H38N6O4S/c1-16-20(17(2)28(24-16)15-19(29)23-22(3,4)5)33(31,32)27-9-7-8-18(14-27)21(30)26-12-10-25(6)11-13-26/h18H,7-15H2,1-6H3,(H,23,29)/t18-/m0/s1. The van der Waals surface area contributed by atoms with E-state index in [0.717, 1.165) is 13.1 Å². The van der Waals surface area contributed by atoms with Gasteiger partial charge in [0.15, 0.2) is 0 Å². The van der Waals surface area contributed by atoms with E-state index in [1.807, 2.05) is 32.7 Å². The van der Waals surface area contributed by atoms with Crippen molar-refractivity contribution in [2.75, 3.05) is 46.3 Å². The van der Waals surface area contributed by atoms with Crippen molar-refractivity contribution in [3.05, 3.63) is 11.4 Å². The molecule has 2 amide bonds. The third-order valence-corrected chi connectivity index (χ3v) is 8.39. The average molecular weight is 483 g/mol. The summed E-state index contributed by atoms with van der Waals surface area (Å²) in [6.07, 6.45) is 1.34. The molecule has 3 rings (SSSR count). The van der Waals surface area contributed by atoms with Gasteiger partial charge in [0.25, 0.3) is 0 Å². The Hall–Kier alpha value is -1.98. The third-order valence-electron chi connectivity index (χ3n) is 6.27. The molecule has 11 heteroatoms. The molecule has 2 saturated heterocycles. The Balaban J connectivity index is 1.76. The first kappa shape index (κ1) is 25.6. The van der Waals surface area contributed by atoms with Gasteiger partial charge in [-0.1, -0.05) is 0 Å². The van der Waals surface area contributed by atoms with Gasteiger partial charge in [-0.25, -0.2) is 8.42 Å². The molecule has 2 aliphatic heterocycles.